The van der Waals surface area contributed by atoms with Crippen molar-refractivity contribution in [2.75, 3.05) is 30.5 Å². The van der Waals surface area contributed by atoms with E-state index in [1.807, 2.05) is 31.4 Å². The van der Waals surface area contributed by atoms with Crippen LogP contribution in [-0.4, -0.2) is 53.6 Å². The molecule has 2 rings (SSSR count). The zero-order chi connectivity index (χ0) is 15.6. The lowest BCUT2D eigenvalue weighted by Crippen LogP contribution is -2.46. The standard InChI is InChI=1S/C15H20N2O3S/c1-10(9-21-3)16(2)15(20)17-8-12(14(18)19)11-6-4-5-7-13(11)17/h4-7,10,12H,8-9H2,1-3H3,(H,18,19). The van der Waals surface area contributed by atoms with Gasteiger partial charge in [0.15, 0.2) is 0 Å². The first-order valence-electron chi connectivity index (χ1n) is 6.82. The van der Waals surface area contributed by atoms with Crippen LogP contribution in [0.5, 0.6) is 0 Å². The predicted octanol–water partition coefficient (Wildman–Crippen LogP) is 2.48. The number of amides is 2. The Morgan fingerprint density at radius 3 is 2.76 bits per heavy atom. The minimum absolute atomic E-state index is 0.101. The van der Waals surface area contributed by atoms with Crippen molar-refractivity contribution in [3.05, 3.63) is 29.8 Å². The van der Waals surface area contributed by atoms with Gasteiger partial charge in [-0.15, -0.1) is 0 Å². The maximum Gasteiger partial charge on any atom is 0.324 e. The molecule has 1 aliphatic rings. The third-order valence-electron chi connectivity index (χ3n) is 3.87. The Kier molecular flexibility index (Phi) is 4.77. The monoisotopic (exact) mass is 308 g/mol. The zero-order valence-electron chi connectivity index (χ0n) is 12.4. The molecule has 5 nitrogen and oxygen atoms in total. The number of fused-ring (bicyclic) bond motifs is 1. The molecule has 0 radical (unpaired) electrons. The fourth-order valence-corrected chi connectivity index (χ4v) is 3.24. The Balaban J connectivity index is 2.25. The van der Waals surface area contributed by atoms with E-state index in [9.17, 15) is 14.7 Å². The van der Waals surface area contributed by atoms with Crippen LogP contribution in [0.2, 0.25) is 0 Å². The van der Waals surface area contributed by atoms with Crippen LogP contribution in [-0.2, 0) is 4.79 Å². The van der Waals surface area contributed by atoms with E-state index in [0.717, 1.165) is 5.75 Å². The van der Waals surface area contributed by atoms with Crippen molar-refractivity contribution in [2.45, 2.75) is 18.9 Å². The summed E-state index contributed by atoms with van der Waals surface area (Å²) < 4.78 is 0. The average Bonchev–Trinajstić information content (AvgIpc) is 2.85. The molecule has 114 valence electrons. The van der Waals surface area contributed by atoms with Gasteiger partial charge in [-0.2, -0.15) is 11.8 Å². The Bertz CT molecular complexity index is 549. The number of rotatable bonds is 4. The molecule has 1 aromatic carbocycles. The van der Waals surface area contributed by atoms with Gasteiger partial charge < -0.3 is 10.0 Å². The topological polar surface area (TPSA) is 60.9 Å². The number of benzene rings is 1. The first kappa shape index (κ1) is 15.7. The van der Waals surface area contributed by atoms with Crippen molar-refractivity contribution >= 4 is 29.4 Å². The Morgan fingerprint density at radius 1 is 1.48 bits per heavy atom. The zero-order valence-corrected chi connectivity index (χ0v) is 13.3. The third kappa shape index (κ3) is 3.00. The van der Waals surface area contributed by atoms with E-state index in [2.05, 4.69) is 0 Å². The van der Waals surface area contributed by atoms with Crippen molar-refractivity contribution in [3.63, 3.8) is 0 Å². The number of aliphatic carboxylic acids is 1. The number of urea groups is 1. The summed E-state index contributed by atoms with van der Waals surface area (Å²) in [5.74, 6) is -0.688. The van der Waals surface area contributed by atoms with Crippen molar-refractivity contribution in [1.29, 1.82) is 0 Å². The van der Waals surface area contributed by atoms with Gasteiger partial charge in [0, 0.05) is 31.1 Å². The van der Waals surface area contributed by atoms with Crippen molar-refractivity contribution in [3.8, 4) is 0 Å². The first-order valence-corrected chi connectivity index (χ1v) is 8.21. The third-order valence-corrected chi connectivity index (χ3v) is 4.68. The fraction of sp³-hybridized carbons (Fsp3) is 0.467. The molecule has 2 atom stereocenters. The van der Waals surface area contributed by atoms with Crippen LogP contribution in [0.4, 0.5) is 10.5 Å². The van der Waals surface area contributed by atoms with E-state index in [-0.39, 0.29) is 18.6 Å². The molecule has 0 bridgehead atoms. The summed E-state index contributed by atoms with van der Waals surface area (Å²) in [5, 5.41) is 9.34. The summed E-state index contributed by atoms with van der Waals surface area (Å²) in [6.45, 7) is 2.19. The smallest absolute Gasteiger partial charge is 0.324 e. The second-order valence-electron chi connectivity index (χ2n) is 5.26. The van der Waals surface area contributed by atoms with Crippen LogP contribution >= 0.6 is 11.8 Å². The largest absolute Gasteiger partial charge is 0.481 e. The van der Waals surface area contributed by atoms with Gasteiger partial charge in [0.05, 0.1) is 0 Å². The van der Waals surface area contributed by atoms with Crippen molar-refractivity contribution < 1.29 is 14.7 Å². The summed E-state index contributed by atoms with van der Waals surface area (Å²) in [7, 11) is 1.76. The fourth-order valence-electron chi connectivity index (χ4n) is 2.53. The van der Waals surface area contributed by atoms with E-state index in [4.69, 9.17) is 0 Å². The summed E-state index contributed by atoms with van der Waals surface area (Å²) in [5.41, 5.74) is 1.42. The molecule has 1 aromatic rings. The molecule has 2 amide bonds. The van der Waals surface area contributed by atoms with Crippen LogP contribution in [0.25, 0.3) is 0 Å². The van der Waals surface area contributed by atoms with Gasteiger partial charge >= 0.3 is 12.0 Å². The Hall–Kier alpha value is -1.69. The van der Waals surface area contributed by atoms with Gasteiger partial charge in [-0.25, -0.2) is 4.79 Å². The second kappa shape index (κ2) is 6.39. The highest BCUT2D eigenvalue weighted by molar-refractivity contribution is 7.98. The number of carbonyl (C=O) groups excluding carboxylic acids is 1. The van der Waals surface area contributed by atoms with Crippen LogP contribution in [0.3, 0.4) is 0 Å². The molecule has 2 unspecified atom stereocenters. The lowest BCUT2D eigenvalue weighted by molar-refractivity contribution is -0.138. The van der Waals surface area contributed by atoms with E-state index in [1.54, 1.807) is 34.7 Å². The van der Waals surface area contributed by atoms with Crippen molar-refractivity contribution in [2.24, 2.45) is 0 Å². The summed E-state index contributed by atoms with van der Waals surface area (Å²) in [4.78, 5) is 27.3. The highest BCUT2D eigenvalue weighted by atomic mass is 32.2. The van der Waals surface area contributed by atoms with Gasteiger partial charge in [-0.3, -0.25) is 9.69 Å². The number of carboxylic acids is 1. The molecule has 0 aromatic heterocycles. The first-order chi connectivity index (χ1) is 9.97. The Labute approximate surface area is 128 Å². The second-order valence-corrected chi connectivity index (χ2v) is 6.17. The molecule has 0 saturated carbocycles. The van der Waals surface area contributed by atoms with E-state index >= 15 is 0 Å². The summed E-state index contributed by atoms with van der Waals surface area (Å²) >= 11 is 1.68. The minimum Gasteiger partial charge on any atom is -0.481 e. The van der Waals surface area contributed by atoms with Crippen LogP contribution < -0.4 is 4.90 Å². The average molecular weight is 308 g/mol. The molecule has 0 aliphatic carbocycles. The molecule has 1 N–H and O–H groups in total. The maximum atomic E-state index is 12.6. The van der Waals surface area contributed by atoms with Gasteiger partial charge in [0.1, 0.15) is 5.92 Å². The lowest BCUT2D eigenvalue weighted by Gasteiger charge is -2.29. The SMILES string of the molecule is CSCC(C)N(C)C(=O)N1CC(C(=O)O)c2ccccc21. The summed E-state index contributed by atoms with van der Waals surface area (Å²) in [6, 6.07) is 7.18. The molecule has 0 fully saturated rings. The number of hydrogen-bond donors (Lipinski definition) is 1. The van der Waals surface area contributed by atoms with Crippen LogP contribution in [0, 0.1) is 0 Å². The Morgan fingerprint density at radius 2 is 2.14 bits per heavy atom. The number of hydrogen-bond acceptors (Lipinski definition) is 3. The number of carbonyl (C=O) groups is 2. The lowest BCUT2D eigenvalue weighted by atomic mass is 10.0. The normalized spacial score (nSPS) is 18.2. The summed E-state index contributed by atoms with van der Waals surface area (Å²) in [6.07, 6.45) is 2.00. The van der Waals surface area contributed by atoms with Gasteiger partial charge in [-0.05, 0) is 24.8 Å². The highest BCUT2D eigenvalue weighted by Gasteiger charge is 2.37. The van der Waals surface area contributed by atoms with Gasteiger partial charge in [0.25, 0.3) is 0 Å². The predicted molar refractivity (Wildman–Crippen MR) is 85.2 cm³/mol. The number of para-hydroxylation sites is 1. The van der Waals surface area contributed by atoms with Gasteiger partial charge in [-0.1, -0.05) is 18.2 Å². The minimum atomic E-state index is -0.891. The van der Waals surface area contributed by atoms with E-state index in [1.165, 1.54) is 0 Å². The molecular formula is C15H20N2O3S. The van der Waals surface area contributed by atoms with Crippen LogP contribution in [0.1, 0.15) is 18.4 Å². The quantitative estimate of drug-likeness (QED) is 0.928. The maximum absolute atomic E-state index is 12.6. The highest BCUT2D eigenvalue weighted by Crippen LogP contribution is 2.36. The number of thioether (sulfide) groups is 1. The number of carboxylic acid groups (broad SMARTS) is 1. The van der Waals surface area contributed by atoms with E-state index in [0.29, 0.717) is 11.3 Å². The molecule has 0 spiro atoms. The molecule has 6 heteroatoms. The number of anilines is 1. The van der Waals surface area contributed by atoms with Crippen molar-refractivity contribution in [1.82, 2.24) is 4.90 Å². The molecule has 21 heavy (non-hydrogen) atoms. The van der Waals surface area contributed by atoms with Crippen LogP contribution in [0.15, 0.2) is 24.3 Å². The van der Waals surface area contributed by atoms with Gasteiger partial charge in [0.2, 0.25) is 0 Å². The molecular weight excluding hydrogens is 288 g/mol. The van der Waals surface area contributed by atoms with E-state index < -0.39 is 11.9 Å². The molecule has 0 saturated heterocycles. The molecule has 1 heterocycles. The molecule has 1 aliphatic heterocycles. The number of nitrogens with zero attached hydrogens (tertiary/aromatic N) is 2.